The monoisotopic (exact) mass is 289 g/mol. The maximum Gasteiger partial charge on any atom is 0.251 e. The van der Waals surface area contributed by atoms with Crippen molar-refractivity contribution >= 4 is 5.91 Å². The lowest BCUT2D eigenvalue weighted by Crippen LogP contribution is -2.41. The highest BCUT2D eigenvalue weighted by molar-refractivity contribution is 5.94. The SMILES string of the molecule is CC(C)C(CO)NC(=O)c1ccc(Cn2cnnn2)cc1. The van der Waals surface area contributed by atoms with E-state index in [1.54, 1.807) is 16.8 Å². The Morgan fingerprint density at radius 3 is 2.57 bits per heavy atom. The van der Waals surface area contributed by atoms with Gasteiger partial charge in [0.2, 0.25) is 0 Å². The fourth-order valence-corrected chi connectivity index (χ4v) is 1.88. The van der Waals surface area contributed by atoms with E-state index < -0.39 is 0 Å². The molecule has 1 aromatic heterocycles. The van der Waals surface area contributed by atoms with E-state index in [1.807, 2.05) is 26.0 Å². The molecule has 0 radical (unpaired) electrons. The molecule has 0 spiro atoms. The second-order valence-corrected chi connectivity index (χ2v) is 5.21. The third-order valence-electron chi connectivity index (χ3n) is 3.27. The van der Waals surface area contributed by atoms with Crippen LogP contribution in [0.2, 0.25) is 0 Å². The Balaban J connectivity index is 1.99. The van der Waals surface area contributed by atoms with Crippen molar-refractivity contribution in [1.82, 2.24) is 25.5 Å². The van der Waals surface area contributed by atoms with E-state index in [2.05, 4.69) is 20.8 Å². The number of tetrazole rings is 1. The summed E-state index contributed by atoms with van der Waals surface area (Å²) in [4.78, 5) is 12.1. The van der Waals surface area contributed by atoms with Crippen LogP contribution in [0, 0.1) is 5.92 Å². The number of rotatable bonds is 6. The Labute approximate surface area is 123 Å². The van der Waals surface area contributed by atoms with E-state index in [0.717, 1.165) is 5.56 Å². The molecule has 7 heteroatoms. The number of nitrogens with one attached hydrogen (secondary N) is 1. The molecular formula is C14H19N5O2. The minimum atomic E-state index is -0.238. The Kier molecular flexibility index (Phi) is 4.99. The Morgan fingerprint density at radius 1 is 1.33 bits per heavy atom. The highest BCUT2D eigenvalue weighted by atomic mass is 16.3. The van der Waals surface area contributed by atoms with E-state index in [9.17, 15) is 9.90 Å². The molecule has 1 atom stereocenters. The summed E-state index contributed by atoms with van der Waals surface area (Å²) < 4.78 is 1.61. The summed E-state index contributed by atoms with van der Waals surface area (Å²) in [5.74, 6) is -0.00485. The fourth-order valence-electron chi connectivity index (χ4n) is 1.88. The van der Waals surface area contributed by atoms with Crippen molar-refractivity contribution in [1.29, 1.82) is 0 Å². The number of aliphatic hydroxyl groups is 1. The van der Waals surface area contributed by atoms with Crippen LogP contribution in [0.1, 0.15) is 29.8 Å². The first-order chi connectivity index (χ1) is 10.1. The van der Waals surface area contributed by atoms with Crippen LogP contribution in [0.3, 0.4) is 0 Å². The number of amides is 1. The predicted octanol–water partition coefficient (Wildman–Crippen LogP) is 0.468. The maximum absolute atomic E-state index is 12.1. The third kappa shape index (κ3) is 4.09. The van der Waals surface area contributed by atoms with Crippen molar-refractivity contribution in [3.05, 3.63) is 41.7 Å². The molecule has 0 aliphatic rings. The molecule has 1 unspecified atom stereocenters. The molecule has 2 rings (SSSR count). The van der Waals surface area contributed by atoms with Gasteiger partial charge in [0, 0.05) is 5.56 Å². The van der Waals surface area contributed by atoms with E-state index in [0.29, 0.717) is 12.1 Å². The molecule has 0 saturated heterocycles. The summed E-state index contributed by atoms with van der Waals surface area (Å²) in [6.07, 6.45) is 1.54. The van der Waals surface area contributed by atoms with Gasteiger partial charge in [-0.1, -0.05) is 26.0 Å². The Morgan fingerprint density at radius 2 is 2.05 bits per heavy atom. The first kappa shape index (κ1) is 15.1. The zero-order valence-corrected chi connectivity index (χ0v) is 12.1. The van der Waals surface area contributed by atoms with E-state index in [1.165, 1.54) is 6.33 Å². The van der Waals surface area contributed by atoms with Crippen molar-refractivity contribution in [2.75, 3.05) is 6.61 Å². The van der Waals surface area contributed by atoms with Gasteiger partial charge in [-0.15, -0.1) is 5.10 Å². The summed E-state index contributed by atoms with van der Waals surface area (Å²) in [7, 11) is 0. The van der Waals surface area contributed by atoms with E-state index >= 15 is 0 Å². The van der Waals surface area contributed by atoms with Crippen molar-refractivity contribution in [3.8, 4) is 0 Å². The smallest absolute Gasteiger partial charge is 0.251 e. The fraction of sp³-hybridized carbons (Fsp3) is 0.429. The average Bonchev–Trinajstić information content (AvgIpc) is 2.98. The van der Waals surface area contributed by atoms with Gasteiger partial charge in [0.05, 0.1) is 19.2 Å². The van der Waals surface area contributed by atoms with Gasteiger partial charge >= 0.3 is 0 Å². The number of nitrogens with zero attached hydrogens (tertiary/aromatic N) is 4. The minimum absolute atomic E-state index is 0.0687. The standard InChI is InChI=1S/C14H19N5O2/c1-10(2)13(8-20)16-14(21)12-5-3-11(4-6-12)7-19-9-15-17-18-19/h3-6,9-10,13,20H,7-8H2,1-2H3,(H,16,21). The van der Waals surface area contributed by atoms with E-state index in [4.69, 9.17) is 0 Å². The van der Waals surface area contributed by atoms with Crippen molar-refractivity contribution in [3.63, 3.8) is 0 Å². The second kappa shape index (κ2) is 6.94. The Bertz CT molecular complexity index is 566. The number of benzene rings is 1. The largest absolute Gasteiger partial charge is 0.394 e. The molecule has 1 heterocycles. The minimum Gasteiger partial charge on any atom is -0.394 e. The Hall–Kier alpha value is -2.28. The highest BCUT2D eigenvalue weighted by Crippen LogP contribution is 2.07. The highest BCUT2D eigenvalue weighted by Gasteiger charge is 2.16. The molecule has 21 heavy (non-hydrogen) atoms. The van der Waals surface area contributed by atoms with Gasteiger partial charge in [0.25, 0.3) is 5.91 Å². The van der Waals surface area contributed by atoms with Crippen LogP contribution in [0.15, 0.2) is 30.6 Å². The van der Waals surface area contributed by atoms with Gasteiger partial charge in [0.1, 0.15) is 6.33 Å². The summed E-state index contributed by atoms with van der Waals surface area (Å²) in [6.45, 7) is 4.40. The van der Waals surface area contributed by atoms with Crippen LogP contribution in [-0.4, -0.2) is 43.9 Å². The van der Waals surface area contributed by atoms with Crippen LogP contribution in [0.4, 0.5) is 0 Å². The normalized spacial score (nSPS) is 12.4. The van der Waals surface area contributed by atoms with Crippen LogP contribution < -0.4 is 5.32 Å². The lowest BCUT2D eigenvalue weighted by Gasteiger charge is -2.19. The molecular weight excluding hydrogens is 270 g/mol. The topological polar surface area (TPSA) is 92.9 Å². The van der Waals surface area contributed by atoms with Crippen LogP contribution in [0.25, 0.3) is 0 Å². The molecule has 0 bridgehead atoms. The van der Waals surface area contributed by atoms with Gasteiger partial charge in [-0.2, -0.15) is 0 Å². The molecule has 0 aliphatic carbocycles. The molecule has 2 N–H and O–H groups in total. The van der Waals surface area contributed by atoms with Gasteiger partial charge in [-0.25, -0.2) is 4.68 Å². The molecule has 0 fully saturated rings. The molecule has 7 nitrogen and oxygen atoms in total. The third-order valence-corrected chi connectivity index (χ3v) is 3.27. The summed E-state index contributed by atoms with van der Waals surface area (Å²) in [6, 6.07) is 6.99. The van der Waals surface area contributed by atoms with Crippen molar-refractivity contribution in [2.24, 2.45) is 5.92 Å². The zero-order chi connectivity index (χ0) is 15.2. The van der Waals surface area contributed by atoms with Gasteiger partial charge in [-0.05, 0) is 34.0 Å². The van der Waals surface area contributed by atoms with Crippen molar-refractivity contribution < 1.29 is 9.90 Å². The van der Waals surface area contributed by atoms with Gasteiger partial charge in [-0.3, -0.25) is 4.79 Å². The number of aromatic nitrogens is 4. The molecule has 1 aromatic carbocycles. The quantitative estimate of drug-likeness (QED) is 0.806. The maximum atomic E-state index is 12.1. The average molecular weight is 289 g/mol. The number of carbonyl (C=O) groups is 1. The summed E-state index contributed by atoms with van der Waals surface area (Å²) >= 11 is 0. The summed E-state index contributed by atoms with van der Waals surface area (Å²) in [5.41, 5.74) is 1.57. The number of hydrogen-bond donors (Lipinski definition) is 2. The van der Waals surface area contributed by atoms with E-state index in [-0.39, 0.29) is 24.5 Å². The molecule has 0 aliphatic heterocycles. The summed E-state index contributed by atoms with van der Waals surface area (Å²) in [5, 5.41) is 23.0. The number of hydrogen-bond acceptors (Lipinski definition) is 5. The lowest BCUT2D eigenvalue weighted by molar-refractivity contribution is 0.0897. The molecule has 2 aromatic rings. The predicted molar refractivity (Wildman–Crippen MR) is 76.5 cm³/mol. The lowest BCUT2D eigenvalue weighted by atomic mass is 10.0. The molecule has 112 valence electrons. The first-order valence-corrected chi connectivity index (χ1v) is 6.81. The van der Waals surface area contributed by atoms with Crippen LogP contribution in [0.5, 0.6) is 0 Å². The molecule has 1 amide bonds. The van der Waals surface area contributed by atoms with Crippen LogP contribution in [-0.2, 0) is 6.54 Å². The zero-order valence-electron chi connectivity index (χ0n) is 12.1. The number of aliphatic hydroxyl groups excluding tert-OH is 1. The first-order valence-electron chi connectivity index (χ1n) is 6.81. The van der Waals surface area contributed by atoms with Gasteiger partial charge in [0.15, 0.2) is 0 Å². The second-order valence-electron chi connectivity index (χ2n) is 5.21. The van der Waals surface area contributed by atoms with Gasteiger partial charge < -0.3 is 10.4 Å². The molecule has 0 saturated carbocycles. The number of carbonyl (C=O) groups excluding carboxylic acids is 1. The van der Waals surface area contributed by atoms with Crippen LogP contribution >= 0.6 is 0 Å². The van der Waals surface area contributed by atoms with Crippen molar-refractivity contribution in [2.45, 2.75) is 26.4 Å².